The molecule has 0 aliphatic rings. The van der Waals surface area contributed by atoms with E-state index >= 15 is 0 Å². The molecule has 1 heteroatoms. The second kappa shape index (κ2) is 5.28. The molecule has 0 atom stereocenters. The van der Waals surface area contributed by atoms with Crippen molar-refractivity contribution in [1.29, 1.82) is 0 Å². The predicted octanol–water partition coefficient (Wildman–Crippen LogP) is 3.24. The second-order valence-electron chi connectivity index (χ2n) is 3.19. The van der Waals surface area contributed by atoms with Crippen LogP contribution in [0.15, 0.2) is 43.0 Å². The summed E-state index contributed by atoms with van der Waals surface area (Å²) in [5.74, 6) is 0.408. The van der Waals surface area contributed by atoms with Crippen molar-refractivity contribution < 1.29 is 5.11 Å². The summed E-state index contributed by atoms with van der Waals surface area (Å²) < 4.78 is 0. The number of rotatable bonds is 4. The molecule has 14 heavy (non-hydrogen) atoms. The molecule has 1 nitrogen and oxygen atoms in total. The fourth-order valence-corrected chi connectivity index (χ4v) is 1.37. The molecule has 0 amide bonds. The fourth-order valence-electron chi connectivity index (χ4n) is 1.37. The van der Waals surface area contributed by atoms with Crippen molar-refractivity contribution in [2.24, 2.45) is 0 Å². The largest absolute Gasteiger partial charge is 0.507 e. The summed E-state index contributed by atoms with van der Waals surface area (Å²) in [6.45, 7) is 5.64. The Kier molecular flexibility index (Phi) is 3.99. The normalized spacial score (nSPS) is 10.6. The van der Waals surface area contributed by atoms with E-state index < -0.39 is 0 Å². The third kappa shape index (κ3) is 2.49. The maximum Gasteiger partial charge on any atom is 0.122 e. The quantitative estimate of drug-likeness (QED) is 0.719. The highest BCUT2D eigenvalue weighted by Gasteiger charge is 2.03. The van der Waals surface area contributed by atoms with Gasteiger partial charge >= 0.3 is 0 Å². The van der Waals surface area contributed by atoms with E-state index in [9.17, 15) is 5.11 Å². The summed E-state index contributed by atoms with van der Waals surface area (Å²) in [4.78, 5) is 0. The highest BCUT2D eigenvalue weighted by molar-refractivity contribution is 5.42. The lowest BCUT2D eigenvalue weighted by atomic mass is 10.0. The lowest BCUT2D eigenvalue weighted by molar-refractivity contribution is 0.464. The number of phenolic OH excluding ortho intramolecular Hbond substituents is 1. The van der Waals surface area contributed by atoms with Gasteiger partial charge in [0, 0.05) is 0 Å². The lowest BCUT2D eigenvalue weighted by Crippen LogP contribution is -1.88. The highest BCUT2D eigenvalue weighted by Crippen LogP contribution is 2.23. The average molecular weight is 188 g/mol. The van der Waals surface area contributed by atoms with Gasteiger partial charge in [-0.2, -0.15) is 0 Å². The molecule has 1 rings (SSSR count). The van der Waals surface area contributed by atoms with Gasteiger partial charge in [-0.05, 0) is 30.9 Å². The summed E-state index contributed by atoms with van der Waals surface area (Å²) in [6.07, 6.45) is 7.32. The molecular weight excluding hydrogens is 172 g/mol. The van der Waals surface area contributed by atoms with Crippen molar-refractivity contribution in [2.75, 3.05) is 0 Å². The standard InChI is InChI=1S/C13H16O/c1-3-5-8-12-10-6-9-11(7-4-2)13(12)14/h3-6,9-10,14H,2,7-8H2,1H3. The van der Waals surface area contributed by atoms with Gasteiger partial charge in [0.25, 0.3) is 0 Å². The molecule has 1 aromatic carbocycles. The van der Waals surface area contributed by atoms with Gasteiger partial charge in [-0.1, -0.05) is 36.4 Å². The van der Waals surface area contributed by atoms with E-state index in [1.54, 1.807) is 6.08 Å². The number of para-hydroxylation sites is 1. The van der Waals surface area contributed by atoms with Crippen LogP contribution >= 0.6 is 0 Å². The molecule has 0 saturated heterocycles. The van der Waals surface area contributed by atoms with Crippen LogP contribution in [-0.2, 0) is 12.8 Å². The molecule has 0 radical (unpaired) electrons. The summed E-state index contributed by atoms with van der Waals surface area (Å²) in [7, 11) is 0. The van der Waals surface area contributed by atoms with Gasteiger partial charge in [-0.25, -0.2) is 0 Å². The number of hydrogen-bond donors (Lipinski definition) is 1. The van der Waals surface area contributed by atoms with Crippen LogP contribution in [0.25, 0.3) is 0 Å². The van der Waals surface area contributed by atoms with Crippen molar-refractivity contribution in [2.45, 2.75) is 19.8 Å². The molecule has 0 spiro atoms. The van der Waals surface area contributed by atoms with Crippen molar-refractivity contribution in [3.05, 3.63) is 54.1 Å². The van der Waals surface area contributed by atoms with Crippen LogP contribution in [0.4, 0.5) is 0 Å². The van der Waals surface area contributed by atoms with E-state index in [4.69, 9.17) is 0 Å². The topological polar surface area (TPSA) is 20.2 Å². The first kappa shape index (κ1) is 10.6. The zero-order valence-electron chi connectivity index (χ0n) is 8.53. The Morgan fingerprint density at radius 3 is 2.50 bits per heavy atom. The number of benzene rings is 1. The summed E-state index contributed by atoms with van der Waals surface area (Å²) in [5.41, 5.74) is 1.92. The van der Waals surface area contributed by atoms with Gasteiger partial charge in [-0.15, -0.1) is 6.58 Å². The van der Waals surface area contributed by atoms with Crippen LogP contribution in [0, 0.1) is 0 Å². The van der Waals surface area contributed by atoms with E-state index in [0.29, 0.717) is 5.75 Å². The maximum absolute atomic E-state index is 9.86. The van der Waals surface area contributed by atoms with Crippen molar-refractivity contribution >= 4 is 0 Å². The molecule has 0 aromatic heterocycles. The molecule has 0 fully saturated rings. The molecule has 0 unspecified atom stereocenters. The minimum absolute atomic E-state index is 0.408. The Hall–Kier alpha value is -1.50. The summed E-state index contributed by atoms with van der Waals surface area (Å²) in [5, 5.41) is 9.86. The molecule has 1 N–H and O–H groups in total. The average Bonchev–Trinajstić information content (AvgIpc) is 2.20. The fraction of sp³-hybridized carbons (Fsp3) is 0.231. The molecule has 0 aliphatic carbocycles. The minimum Gasteiger partial charge on any atom is -0.507 e. The van der Waals surface area contributed by atoms with Crippen LogP contribution in [-0.4, -0.2) is 5.11 Å². The van der Waals surface area contributed by atoms with Crippen LogP contribution < -0.4 is 0 Å². The van der Waals surface area contributed by atoms with Crippen molar-refractivity contribution in [3.63, 3.8) is 0 Å². The summed E-state index contributed by atoms with van der Waals surface area (Å²) in [6, 6.07) is 5.84. The zero-order valence-corrected chi connectivity index (χ0v) is 8.53. The molecule has 74 valence electrons. The number of aromatic hydroxyl groups is 1. The second-order valence-corrected chi connectivity index (χ2v) is 3.19. The molecule has 0 heterocycles. The Balaban J connectivity index is 2.94. The number of hydrogen-bond acceptors (Lipinski definition) is 1. The van der Waals surface area contributed by atoms with E-state index in [1.807, 2.05) is 37.3 Å². The van der Waals surface area contributed by atoms with Gasteiger partial charge in [0.2, 0.25) is 0 Å². The molecular formula is C13H16O. The molecule has 0 saturated carbocycles. The Morgan fingerprint density at radius 2 is 1.93 bits per heavy atom. The third-order valence-electron chi connectivity index (χ3n) is 2.14. The van der Waals surface area contributed by atoms with E-state index in [-0.39, 0.29) is 0 Å². The van der Waals surface area contributed by atoms with Gasteiger partial charge in [-0.3, -0.25) is 0 Å². The maximum atomic E-state index is 9.86. The molecule has 1 aromatic rings. The van der Waals surface area contributed by atoms with Gasteiger partial charge in [0.05, 0.1) is 0 Å². The number of allylic oxidation sites excluding steroid dienone is 3. The Morgan fingerprint density at radius 1 is 1.29 bits per heavy atom. The third-order valence-corrected chi connectivity index (χ3v) is 2.14. The zero-order chi connectivity index (χ0) is 10.4. The van der Waals surface area contributed by atoms with E-state index in [0.717, 1.165) is 24.0 Å². The first-order valence-corrected chi connectivity index (χ1v) is 4.81. The monoisotopic (exact) mass is 188 g/mol. The molecule has 0 bridgehead atoms. The smallest absolute Gasteiger partial charge is 0.122 e. The number of phenols is 1. The van der Waals surface area contributed by atoms with E-state index in [2.05, 4.69) is 6.58 Å². The van der Waals surface area contributed by atoms with E-state index in [1.165, 1.54) is 0 Å². The summed E-state index contributed by atoms with van der Waals surface area (Å²) >= 11 is 0. The van der Waals surface area contributed by atoms with Crippen molar-refractivity contribution in [1.82, 2.24) is 0 Å². The predicted molar refractivity (Wildman–Crippen MR) is 60.5 cm³/mol. The van der Waals surface area contributed by atoms with Gasteiger partial charge in [0.1, 0.15) is 5.75 Å². The first-order chi connectivity index (χ1) is 6.79. The van der Waals surface area contributed by atoms with Crippen LogP contribution in [0.2, 0.25) is 0 Å². The molecule has 0 aliphatic heterocycles. The van der Waals surface area contributed by atoms with Gasteiger partial charge in [0.15, 0.2) is 0 Å². The van der Waals surface area contributed by atoms with Crippen LogP contribution in [0.1, 0.15) is 18.1 Å². The highest BCUT2D eigenvalue weighted by atomic mass is 16.3. The Bertz CT molecular complexity index is 337. The SMILES string of the molecule is C=CCc1cccc(CC=CC)c1O. The van der Waals surface area contributed by atoms with Gasteiger partial charge < -0.3 is 5.11 Å². The minimum atomic E-state index is 0.408. The van der Waals surface area contributed by atoms with Crippen LogP contribution in [0.5, 0.6) is 5.75 Å². The lowest BCUT2D eigenvalue weighted by Gasteiger charge is -2.06. The van der Waals surface area contributed by atoms with Crippen molar-refractivity contribution in [3.8, 4) is 5.75 Å². The Labute approximate surface area is 85.4 Å². The first-order valence-electron chi connectivity index (χ1n) is 4.81. The van der Waals surface area contributed by atoms with Crippen LogP contribution in [0.3, 0.4) is 0 Å².